The second kappa shape index (κ2) is 9.09. The molecule has 1 aliphatic heterocycles. The molecule has 128 valence electrons. The first-order chi connectivity index (χ1) is 10.4. The summed E-state index contributed by atoms with van der Waals surface area (Å²) in [6, 6.07) is -0.610. The first-order valence-corrected chi connectivity index (χ1v) is 9.48. The molecule has 1 rings (SSSR count). The Morgan fingerprint density at radius 2 is 2.00 bits per heavy atom. The minimum Gasteiger partial charge on any atom is -0.481 e. The highest BCUT2D eigenvalue weighted by atomic mass is 32.2. The lowest BCUT2D eigenvalue weighted by molar-refractivity contribution is -0.137. The van der Waals surface area contributed by atoms with Crippen molar-refractivity contribution in [1.29, 1.82) is 0 Å². The molecule has 1 unspecified atom stereocenters. The van der Waals surface area contributed by atoms with Crippen molar-refractivity contribution < 1.29 is 23.1 Å². The number of amides is 1. The Morgan fingerprint density at radius 3 is 2.64 bits per heavy atom. The summed E-state index contributed by atoms with van der Waals surface area (Å²) in [4.78, 5) is 22.5. The van der Waals surface area contributed by atoms with Gasteiger partial charge in [0, 0.05) is 19.5 Å². The van der Waals surface area contributed by atoms with Crippen LogP contribution in [0.3, 0.4) is 0 Å². The maximum Gasteiger partial charge on any atom is 0.303 e. The van der Waals surface area contributed by atoms with Gasteiger partial charge in [0.25, 0.3) is 0 Å². The van der Waals surface area contributed by atoms with Crippen molar-refractivity contribution in [2.24, 2.45) is 0 Å². The maximum absolute atomic E-state index is 12.2. The number of carbonyl (C=O) groups excluding carboxylic acids is 1. The van der Waals surface area contributed by atoms with E-state index in [1.807, 2.05) is 6.92 Å². The van der Waals surface area contributed by atoms with Crippen LogP contribution < -0.4 is 5.32 Å². The third kappa shape index (κ3) is 5.92. The molecule has 0 radical (unpaired) electrons. The lowest BCUT2D eigenvalue weighted by Gasteiger charge is -2.23. The summed E-state index contributed by atoms with van der Waals surface area (Å²) in [5.74, 6) is -1.03. The Labute approximate surface area is 132 Å². The summed E-state index contributed by atoms with van der Waals surface area (Å²) < 4.78 is 25.8. The van der Waals surface area contributed by atoms with Gasteiger partial charge in [0.05, 0.1) is 5.75 Å². The average Bonchev–Trinajstić information content (AvgIpc) is 2.94. The predicted octanol–water partition coefficient (Wildman–Crippen LogP) is 0.952. The van der Waals surface area contributed by atoms with Gasteiger partial charge in [-0.05, 0) is 32.1 Å². The molecule has 1 atom stereocenters. The van der Waals surface area contributed by atoms with Gasteiger partial charge in [-0.15, -0.1) is 0 Å². The Kier molecular flexibility index (Phi) is 7.81. The third-order valence-corrected chi connectivity index (χ3v) is 5.69. The van der Waals surface area contributed by atoms with E-state index in [0.717, 1.165) is 6.42 Å². The molecular formula is C14H26N2O5S. The number of nitrogens with zero attached hydrogens (tertiary/aromatic N) is 1. The molecule has 1 saturated heterocycles. The molecular weight excluding hydrogens is 308 g/mol. The van der Waals surface area contributed by atoms with Crippen molar-refractivity contribution in [3.8, 4) is 0 Å². The molecule has 8 heteroatoms. The van der Waals surface area contributed by atoms with Gasteiger partial charge in [0.1, 0.15) is 6.04 Å². The molecule has 1 aliphatic rings. The number of unbranched alkanes of at least 4 members (excludes halogenated alkanes) is 2. The van der Waals surface area contributed by atoms with E-state index in [2.05, 4.69) is 5.32 Å². The number of carboxylic acid groups (broad SMARTS) is 1. The molecule has 0 spiro atoms. The smallest absolute Gasteiger partial charge is 0.303 e. The van der Waals surface area contributed by atoms with E-state index >= 15 is 0 Å². The molecule has 0 aromatic heterocycles. The summed E-state index contributed by atoms with van der Waals surface area (Å²) in [7, 11) is -3.37. The third-order valence-electron chi connectivity index (χ3n) is 3.74. The standard InChI is InChI=1S/C14H26N2O5S/c1-2-3-11-22(20,21)16-10-6-7-12(16)14(19)15-9-5-4-8-13(17)18/h12H,2-11H2,1H3,(H,15,19)(H,17,18). The van der Waals surface area contributed by atoms with Crippen LogP contribution >= 0.6 is 0 Å². The van der Waals surface area contributed by atoms with Crippen LogP contribution in [0.15, 0.2) is 0 Å². The van der Waals surface area contributed by atoms with Gasteiger partial charge in [-0.3, -0.25) is 9.59 Å². The number of aliphatic carboxylic acids is 1. The summed E-state index contributed by atoms with van der Waals surface area (Å²) in [6.45, 7) is 2.72. The van der Waals surface area contributed by atoms with E-state index in [9.17, 15) is 18.0 Å². The second-order valence-corrected chi connectivity index (χ2v) is 7.62. The van der Waals surface area contributed by atoms with Crippen molar-refractivity contribution in [2.75, 3.05) is 18.8 Å². The molecule has 1 amide bonds. The Balaban J connectivity index is 2.45. The van der Waals surface area contributed by atoms with Crippen molar-refractivity contribution in [3.63, 3.8) is 0 Å². The van der Waals surface area contributed by atoms with Gasteiger partial charge in [-0.2, -0.15) is 4.31 Å². The Bertz CT molecular complexity index is 478. The minimum atomic E-state index is -3.37. The summed E-state index contributed by atoms with van der Waals surface area (Å²) in [5.41, 5.74) is 0. The molecule has 0 aromatic rings. The molecule has 1 fully saturated rings. The van der Waals surface area contributed by atoms with Gasteiger partial charge in [-0.1, -0.05) is 13.3 Å². The average molecular weight is 334 g/mol. The maximum atomic E-state index is 12.2. The Morgan fingerprint density at radius 1 is 1.27 bits per heavy atom. The van der Waals surface area contributed by atoms with Gasteiger partial charge in [0.2, 0.25) is 15.9 Å². The predicted molar refractivity (Wildman–Crippen MR) is 82.9 cm³/mol. The number of hydrogen-bond donors (Lipinski definition) is 2. The van der Waals surface area contributed by atoms with E-state index in [4.69, 9.17) is 5.11 Å². The fraction of sp³-hybridized carbons (Fsp3) is 0.857. The van der Waals surface area contributed by atoms with Crippen LogP contribution in [0.25, 0.3) is 0 Å². The fourth-order valence-corrected chi connectivity index (χ4v) is 4.39. The largest absolute Gasteiger partial charge is 0.481 e. The van der Waals surface area contributed by atoms with Gasteiger partial charge in [0.15, 0.2) is 0 Å². The molecule has 7 nitrogen and oxygen atoms in total. The van der Waals surface area contributed by atoms with Crippen molar-refractivity contribution >= 4 is 21.9 Å². The second-order valence-electron chi connectivity index (χ2n) is 5.58. The molecule has 0 saturated carbocycles. The van der Waals surface area contributed by atoms with Crippen LogP contribution in [-0.2, 0) is 19.6 Å². The topological polar surface area (TPSA) is 104 Å². The van der Waals surface area contributed by atoms with Crippen molar-refractivity contribution in [3.05, 3.63) is 0 Å². The van der Waals surface area contributed by atoms with Gasteiger partial charge in [-0.25, -0.2) is 8.42 Å². The van der Waals surface area contributed by atoms with Crippen molar-refractivity contribution in [2.45, 2.75) is 57.9 Å². The zero-order valence-electron chi connectivity index (χ0n) is 13.1. The van der Waals surface area contributed by atoms with Crippen LogP contribution in [0.2, 0.25) is 0 Å². The summed E-state index contributed by atoms with van der Waals surface area (Å²) in [6.07, 6.45) is 3.80. The number of carboxylic acids is 1. The van der Waals surface area contributed by atoms with E-state index in [1.165, 1.54) is 4.31 Å². The highest BCUT2D eigenvalue weighted by molar-refractivity contribution is 7.89. The molecule has 0 aliphatic carbocycles. The number of nitrogens with one attached hydrogen (secondary N) is 1. The molecule has 1 heterocycles. The van der Waals surface area contributed by atoms with Gasteiger partial charge < -0.3 is 10.4 Å². The fourth-order valence-electron chi connectivity index (χ4n) is 2.51. The molecule has 0 aromatic carbocycles. The molecule has 2 N–H and O–H groups in total. The monoisotopic (exact) mass is 334 g/mol. The zero-order chi connectivity index (χ0) is 16.6. The zero-order valence-corrected chi connectivity index (χ0v) is 13.9. The first-order valence-electron chi connectivity index (χ1n) is 7.87. The number of carbonyl (C=O) groups is 2. The lowest BCUT2D eigenvalue weighted by Crippen LogP contribution is -2.46. The number of rotatable bonds is 10. The highest BCUT2D eigenvalue weighted by Gasteiger charge is 2.37. The van der Waals surface area contributed by atoms with E-state index < -0.39 is 22.0 Å². The highest BCUT2D eigenvalue weighted by Crippen LogP contribution is 2.22. The number of sulfonamides is 1. The van der Waals surface area contributed by atoms with Crippen LogP contribution in [0.4, 0.5) is 0 Å². The number of hydrogen-bond acceptors (Lipinski definition) is 4. The van der Waals surface area contributed by atoms with Crippen molar-refractivity contribution in [1.82, 2.24) is 9.62 Å². The normalized spacial score (nSPS) is 19.2. The van der Waals surface area contributed by atoms with Crippen LogP contribution in [0.5, 0.6) is 0 Å². The Hall–Kier alpha value is -1.15. The lowest BCUT2D eigenvalue weighted by atomic mass is 10.2. The van der Waals surface area contributed by atoms with Crippen LogP contribution in [-0.4, -0.2) is 54.6 Å². The van der Waals surface area contributed by atoms with E-state index in [0.29, 0.717) is 45.2 Å². The SMILES string of the molecule is CCCCS(=O)(=O)N1CCCC1C(=O)NCCCCC(=O)O. The first kappa shape index (κ1) is 18.9. The van der Waals surface area contributed by atoms with Crippen LogP contribution in [0.1, 0.15) is 51.9 Å². The summed E-state index contributed by atoms with van der Waals surface area (Å²) >= 11 is 0. The van der Waals surface area contributed by atoms with E-state index in [1.54, 1.807) is 0 Å². The molecule has 22 heavy (non-hydrogen) atoms. The minimum absolute atomic E-state index is 0.0802. The van der Waals surface area contributed by atoms with Crippen LogP contribution in [0, 0.1) is 0 Å². The summed E-state index contributed by atoms with van der Waals surface area (Å²) in [5, 5.41) is 11.2. The van der Waals surface area contributed by atoms with Gasteiger partial charge >= 0.3 is 5.97 Å². The van der Waals surface area contributed by atoms with E-state index in [-0.39, 0.29) is 18.1 Å². The molecule has 0 bridgehead atoms. The quantitative estimate of drug-likeness (QED) is 0.579.